The first-order chi connectivity index (χ1) is 32.8. The first-order valence-electron chi connectivity index (χ1n) is 21.4. The van der Waals surface area contributed by atoms with Gasteiger partial charge in [-0.25, -0.2) is 9.78 Å². The Balaban J connectivity index is 1.01. The van der Waals surface area contributed by atoms with E-state index in [1.807, 2.05) is 152 Å². The lowest BCUT2D eigenvalue weighted by Crippen LogP contribution is -2.75. The maximum Gasteiger partial charge on any atom is 0.356 e. The Labute approximate surface area is 394 Å². The predicted molar refractivity (Wildman–Crippen MR) is 257 cm³/mol. The van der Waals surface area contributed by atoms with Crippen LogP contribution in [0, 0.1) is 0 Å². The zero-order chi connectivity index (χ0) is 46.3. The minimum absolute atomic E-state index is 0.155. The van der Waals surface area contributed by atoms with Crippen molar-refractivity contribution in [1.29, 1.82) is 0 Å². The first kappa shape index (κ1) is 44.5. The molecule has 3 atom stereocenters. The SMILES string of the molecule is CON=C(C(=O)NC1C(=O)N2C(C(=O)OC(c3ccccc3)c3ccccc3)=C(CC(=O)c3ccccc3)C[S+]([O-])C12)c1csc(NC(c2ccccc2)(c2ccccc2)c2ccccc2)n1. The molecule has 3 heterocycles. The van der Waals surface area contributed by atoms with Crippen molar-refractivity contribution in [3.05, 3.63) is 238 Å². The number of benzene rings is 6. The molecule has 6 aromatic carbocycles. The van der Waals surface area contributed by atoms with E-state index >= 15 is 0 Å². The van der Waals surface area contributed by atoms with Crippen LogP contribution < -0.4 is 10.6 Å². The largest absolute Gasteiger partial charge is 0.614 e. The monoisotopic (exact) mass is 925 g/mol. The summed E-state index contributed by atoms with van der Waals surface area (Å²) in [5.41, 5.74) is 3.60. The fourth-order valence-electron chi connectivity index (χ4n) is 8.53. The molecule has 334 valence electrons. The summed E-state index contributed by atoms with van der Waals surface area (Å²) in [7, 11) is 1.29. The van der Waals surface area contributed by atoms with Crippen molar-refractivity contribution in [2.75, 3.05) is 18.2 Å². The Morgan fingerprint density at radius 2 is 1.27 bits per heavy atom. The minimum Gasteiger partial charge on any atom is -0.614 e. The number of ketones is 1. The molecule has 0 aliphatic carbocycles. The van der Waals surface area contributed by atoms with Crippen molar-refractivity contribution in [2.24, 2.45) is 5.16 Å². The van der Waals surface area contributed by atoms with Crippen LogP contribution in [0.1, 0.15) is 56.4 Å². The summed E-state index contributed by atoms with van der Waals surface area (Å²) in [6.45, 7) is 0. The van der Waals surface area contributed by atoms with Gasteiger partial charge in [-0.1, -0.05) is 187 Å². The van der Waals surface area contributed by atoms with Gasteiger partial charge < -0.3 is 24.8 Å². The standard InChI is InChI=1S/C53H43N5O7S2/c1-64-57-44(42-33-66-52(54-42)56-53(39-26-14-5-15-27-39,40-28-16-6-17-29-40)41-30-18-7-19-31-41)48(60)55-45-49(61)58-46(38(34-67(63)50(45)58)32-43(59)35-20-8-2-9-21-35)51(62)65-47(36-22-10-3-11-23-36)37-24-12-4-13-25-37/h2-31,33,45,47,50H,32,34H2,1H3,(H,54,56)(H,55,60). The molecule has 0 radical (unpaired) electrons. The summed E-state index contributed by atoms with van der Waals surface area (Å²) in [5, 5.41) is 11.4. The Kier molecular flexibility index (Phi) is 13.2. The number of amides is 2. The van der Waals surface area contributed by atoms with E-state index in [9.17, 15) is 23.7 Å². The van der Waals surface area contributed by atoms with Crippen LogP contribution in [0.3, 0.4) is 0 Å². The van der Waals surface area contributed by atoms with E-state index in [1.54, 1.807) is 35.7 Å². The lowest BCUT2D eigenvalue weighted by molar-refractivity contribution is -0.154. The van der Waals surface area contributed by atoms with Crippen LogP contribution in [0.5, 0.6) is 0 Å². The third-order valence-corrected chi connectivity index (χ3v) is 14.1. The highest BCUT2D eigenvalue weighted by Crippen LogP contribution is 2.42. The molecule has 0 spiro atoms. The average molecular weight is 926 g/mol. The highest BCUT2D eigenvalue weighted by molar-refractivity contribution is 7.92. The Morgan fingerprint density at radius 3 is 1.78 bits per heavy atom. The molecule has 7 aromatic rings. The summed E-state index contributed by atoms with van der Waals surface area (Å²) in [5.74, 6) is -2.97. The Hall–Kier alpha value is -7.65. The molecule has 67 heavy (non-hydrogen) atoms. The maximum absolute atomic E-state index is 14.6. The van der Waals surface area contributed by atoms with Gasteiger partial charge in [-0.3, -0.25) is 19.3 Å². The summed E-state index contributed by atoms with van der Waals surface area (Å²) < 4.78 is 20.4. The summed E-state index contributed by atoms with van der Waals surface area (Å²) in [6, 6.07) is 55.4. The molecule has 9 rings (SSSR count). The van der Waals surface area contributed by atoms with Gasteiger partial charge in [0.1, 0.15) is 29.8 Å². The number of thiazole rings is 1. The number of esters is 1. The molecular weight excluding hydrogens is 883 g/mol. The number of carbonyl (C=O) groups is 4. The average Bonchev–Trinajstić information content (AvgIpc) is 3.85. The number of β-lactam (4-membered cyclic amide) rings is 1. The second kappa shape index (κ2) is 19.8. The smallest absolute Gasteiger partial charge is 0.356 e. The van der Waals surface area contributed by atoms with Crippen molar-refractivity contribution in [3.63, 3.8) is 0 Å². The molecule has 1 fully saturated rings. The third kappa shape index (κ3) is 9.02. The quantitative estimate of drug-likeness (QED) is 0.0185. The Morgan fingerprint density at radius 1 is 0.776 bits per heavy atom. The van der Waals surface area contributed by atoms with Gasteiger partial charge in [0, 0.05) is 22.9 Å². The van der Waals surface area contributed by atoms with Gasteiger partial charge in [-0.05, 0) is 39.0 Å². The van der Waals surface area contributed by atoms with E-state index in [0.717, 1.165) is 21.6 Å². The van der Waals surface area contributed by atoms with Gasteiger partial charge in [0.15, 0.2) is 28.8 Å². The van der Waals surface area contributed by atoms with Crippen molar-refractivity contribution in [2.45, 2.75) is 29.5 Å². The molecule has 12 nitrogen and oxygen atoms in total. The van der Waals surface area contributed by atoms with Gasteiger partial charge >= 0.3 is 5.97 Å². The number of nitrogens with one attached hydrogen (secondary N) is 2. The second-order valence-electron chi connectivity index (χ2n) is 15.7. The summed E-state index contributed by atoms with van der Waals surface area (Å²) in [6.07, 6.45) is -1.17. The van der Waals surface area contributed by atoms with Gasteiger partial charge in [0.25, 0.3) is 11.8 Å². The van der Waals surface area contributed by atoms with Gasteiger partial charge in [0.2, 0.25) is 5.37 Å². The number of fused-ring (bicyclic) bond motifs is 1. The molecule has 1 aromatic heterocycles. The normalized spacial score (nSPS) is 17.0. The zero-order valence-corrected chi connectivity index (χ0v) is 37.7. The van der Waals surface area contributed by atoms with Crippen LogP contribution in [-0.2, 0) is 40.7 Å². The van der Waals surface area contributed by atoms with Crippen LogP contribution in [0.25, 0.3) is 0 Å². The summed E-state index contributed by atoms with van der Waals surface area (Å²) in [4.78, 5) is 67.9. The fraction of sp³-hybridized carbons (Fsp3) is 0.132. The molecule has 3 unspecified atom stereocenters. The number of anilines is 1. The van der Waals surface area contributed by atoms with Gasteiger partial charge in [-0.15, -0.1) is 11.3 Å². The lowest BCUT2D eigenvalue weighted by Gasteiger charge is -2.49. The number of carbonyl (C=O) groups excluding carboxylic acids is 4. The van der Waals surface area contributed by atoms with Crippen LogP contribution in [0.15, 0.2) is 204 Å². The van der Waals surface area contributed by atoms with Crippen molar-refractivity contribution >= 4 is 56.9 Å². The number of oxime groups is 1. The lowest BCUT2D eigenvalue weighted by atomic mass is 9.77. The number of rotatable bonds is 16. The van der Waals surface area contributed by atoms with Crippen molar-refractivity contribution in [3.8, 4) is 0 Å². The maximum atomic E-state index is 14.6. The molecule has 2 aliphatic rings. The second-order valence-corrected chi connectivity index (χ2v) is 18.1. The molecular formula is C53H43N5O7S2. The molecule has 1 saturated heterocycles. The topological polar surface area (TPSA) is 162 Å². The number of aromatic nitrogens is 1. The van der Waals surface area contributed by atoms with E-state index in [1.165, 1.54) is 18.4 Å². The van der Waals surface area contributed by atoms with Crippen molar-refractivity contribution in [1.82, 2.24) is 15.2 Å². The van der Waals surface area contributed by atoms with E-state index in [0.29, 0.717) is 21.8 Å². The van der Waals surface area contributed by atoms with E-state index < -0.39 is 52.0 Å². The predicted octanol–water partition coefficient (Wildman–Crippen LogP) is 8.17. The number of Topliss-reactive ketones (excluding diaryl/α,β-unsaturated/α-hetero) is 1. The van der Waals surface area contributed by atoms with Crippen LogP contribution in [0.4, 0.5) is 5.13 Å². The highest BCUT2D eigenvalue weighted by atomic mass is 32.2. The zero-order valence-electron chi connectivity index (χ0n) is 36.1. The number of hydrogen-bond donors (Lipinski definition) is 2. The molecule has 14 heteroatoms. The van der Waals surface area contributed by atoms with Crippen LogP contribution in [-0.4, -0.2) is 68.0 Å². The molecule has 2 amide bonds. The molecule has 0 saturated carbocycles. The summed E-state index contributed by atoms with van der Waals surface area (Å²) >= 11 is -0.615. The van der Waals surface area contributed by atoms with Crippen molar-refractivity contribution < 1.29 is 33.3 Å². The Bertz CT molecular complexity index is 2800. The van der Waals surface area contributed by atoms with Gasteiger partial charge in [0.05, 0.1) is 0 Å². The molecule has 2 aliphatic heterocycles. The number of nitrogens with zero attached hydrogens (tertiary/aromatic N) is 3. The molecule has 2 N–H and O–H groups in total. The van der Waals surface area contributed by atoms with E-state index in [-0.39, 0.29) is 40.6 Å². The fourth-order valence-corrected chi connectivity index (χ4v) is 11.0. The van der Waals surface area contributed by atoms with Gasteiger partial charge in [-0.2, -0.15) is 0 Å². The highest BCUT2D eigenvalue weighted by Gasteiger charge is 2.61. The van der Waals surface area contributed by atoms with Crippen LogP contribution in [0.2, 0.25) is 0 Å². The van der Waals surface area contributed by atoms with Crippen LogP contribution >= 0.6 is 11.3 Å². The number of ether oxygens (including phenoxy) is 1. The molecule has 0 bridgehead atoms. The van der Waals surface area contributed by atoms with E-state index in [4.69, 9.17) is 14.6 Å². The minimum atomic E-state index is -1.87. The first-order valence-corrected chi connectivity index (χ1v) is 23.7. The third-order valence-electron chi connectivity index (χ3n) is 11.6. The van der Waals surface area contributed by atoms with E-state index in [2.05, 4.69) is 15.8 Å². The number of hydrogen-bond acceptors (Lipinski definition) is 11.